The van der Waals surface area contributed by atoms with E-state index < -0.39 is 21.1 Å². The zero-order valence-electron chi connectivity index (χ0n) is 14.0. The molecule has 1 atom stereocenters. The van der Waals surface area contributed by atoms with Crippen molar-refractivity contribution in [3.05, 3.63) is 64.2 Å². The Balaban J connectivity index is 1.81. The van der Waals surface area contributed by atoms with Crippen molar-refractivity contribution in [1.29, 1.82) is 0 Å². The van der Waals surface area contributed by atoms with Gasteiger partial charge in [-0.25, -0.2) is 8.42 Å². The molecule has 1 amide bonds. The quantitative estimate of drug-likeness (QED) is 0.662. The number of sulfone groups is 1. The average molecular weight is 391 g/mol. The second kappa shape index (κ2) is 7.79. The van der Waals surface area contributed by atoms with E-state index in [9.17, 15) is 13.2 Å². The maximum Gasteiger partial charge on any atom is 0.335 e. The molecule has 0 fully saturated rings. The molecule has 2 heterocycles. The van der Waals surface area contributed by atoms with Gasteiger partial charge in [0.25, 0.3) is 0 Å². The van der Waals surface area contributed by atoms with Crippen LogP contribution < -0.4 is 5.32 Å². The van der Waals surface area contributed by atoms with Crippen molar-refractivity contribution in [1.82, 2.24) is 15.5 Å². The monoisotopic (exact) mass is 391 g/mol. The van der Waals surface area contributed by atoms with Crippen LogP contribution in [0.3, 0.4) is 0 Å². The lowest BCUT2D eigenvalue weighted by Crippen LogP contribution is -2.31. The third-order valence-electron chi connectivity index (χ3n) is 3.57. The predicted molar refractivity (Wildman–Crippen MR) is 96.5 cm³/mol. The SMILES string of the molecule is CS(=O)(=O)c1nnc([C@H](Cc2ccccc2)NC(=O)Cc2cccs2)o1. The van der Waals surface area contributed by atoms with Crippen LogP contribution in [-0.4, -0.2) is 30.8 Å². The van der Waals surface area contributed by atoms with Crippen LogP contribution in [0.2, 0.25) is 0 Å². The van der Waals surface area contributed by atoms with Crippen LogP contribution in [-0.2, 0) is 27.5 Å². The predicted octanol–water partition coefficient (Wildman–Crippen LogP) is 2.18. The number of carbonyl (C=O) groups excluding carboxylic acids is 1. The zero-order chi connectivity index (χ0) is 18.6. The lowest BCUT2D eigenvalue weighted by Gasteiger charge is -2.15. The summed E-state index contributed by atoms with van der Waals surface area (Å²) in [6.45, 7) is 0. The van der Waals surface area contributed by atoms with E-state index in [1.54, 1.807) is 0 Å². The number of hydrogen-bond donors (Lipinski definition) is 1. The van der Waals surface area contributed by atoms with E-state index in [1.807, 2.05) is 47.8 Å². The van der Waals surface area contributed by atoms with Crippen LogP contribution in [0.4, 0.5) is 0 Å². The van der Waals surface area contributed by atoms with Gasteiger partial charge in [-0.2, -0.15) is 0 Å². The highest BCUT2D eigenvalue weighted by Crippen LogP contribution is 2.20. The number of amides is 1. The number of nitrogens with zero attached hydrogens (tertiary/aromatic N) is 2. The molecule has 0 aliphatic rings. The Morgan fingerprint density at radius 1 is 1.19 bits per heavy atom. The van der Waals surface area contributed by atoms with E-state index in [4.69, 9.17) is 4.42 Å². The number of aromatic nitrogens is 2. The van der Waals surface area contributed by atoms with Crippen molar-refractivity contribution in [3.8, 4) is 0 Å². The van der Waals surface area contributed by atoms with Gasteiger partial charge < -0.3 is 9.73 Å². The minimum Gasteiger partial charge on any atom is -0.410 e. The van der Waals surface area contributed by atoms with Crippen LogP contribution in [0, 0.1) is 0 Å². The van der Waals surface area contributed by atoms with Crippen molar-refractivity contribution in [2.75, 3.05) is 6.26 Å². The maximum atomic E-state index is 12.4. The lowest BCUT2D eigenvalue weighted by atomic mass is 10.1. The van der Waals surface area contributed by atoms with Gasteiger partial charge in [0.2, 0.25) is 21.6 Å². The molecule has 0 aliphatic heterocycles. The molecule has 0 aliphatic carbocycles. The van der Waals surface area contributed by atoms with Gasteiger partial charge in [0.1, 0.15) is 6.04 Å². The lowest BCUT2D eigenvalue weighted by molar-refractivity contribution is -0.121. The zero-order valence-corrected chi connectivity index (χ0v) is 15.6. The molecule has 136 valence electrons. The van der Waals surface area contributed by atoms with E-state index in [2.05, 4.69) is 15.5 Å². The summed E-state index contributed by atoms with van der Waals surface area (Å²) in [6, 6.07) is 12.6. The first kappa shape index (κ1) is 18.3. The summed E-state index contributed by atoms with van der Waals surface area (Å²) >= 11 is 1.49. The average Bonchev–Trinajstić information content (AvgIpc) is 3.26. The van der Waals surface area contributed by atoms with Gasteiger partial charge in [-0.15, -0.1) is 16.4 Å². The van der Waals surface area contributed by atoms with E-state index in [0.717, 1.165) is 16.7 Å². The molecular weight excluding hydrogens is 374 g/mol. The first-order valence-corrected chi connectivity index (χ1v) is 10.6. The van der Waals surface area contributed by atoms with Crippen molar-refractivity contribution < 1.29 is 17.6 Å². The van der Waals surface area contributed by atoms with Crippen LogP contribution >= 0.6 is 11.3 Å². The molecule has 9 heteroatoms. The molecule has 1 aromatic carbocycles. The highest BCUT2D eigenvalue weighted by atomic mass is 32.2. The first-order chi connectivity index (χ1) is 12.4. The minimum atomic E-state index is -3.61. The maximum absolute atomic E-state index is 12.4. The Morgan fingerprint density at radius 3 is 2.58 bits per heavy atom. The molecule has 0 saturated heterocycles. The molecule has 0 unspecified atom stereocenters. The van der Waals surface area contributed by atoms with Gasteiger partial charge in [0, 0.05) is 17.6 Å². The van der Waals surface area contributed by atoms with Gasteiger partial charge >= 0.3 is 5.22 Å². The second-order valence-corrected chi connectivity index (χ2v) is 8.67. The Hall–Kier alpha value is -2.52. The molecule has 0 bridgehead atoms. The Kier molecular flexibility index (Phi) is 5.48. The molecular formula is C17H17N3O4S2. The summed E-state index contributed by atoms with van der Waals surface area (Å²) in [4.78, 5) is 13.3. The molecule has 0 spiro atoms. The minimum absolute atomic E-state index is 0.0637. The van der Waals surface area contributed by atoms with Crippen LogP contribution in [0.25, 0.3) is 0 Å². The third kappa shape index (κ3) is 4.77. The fraction of sp³-hybridized carbons (Fsp3) is 0.235. The Labute approximate surface area is 155 Å². The topological polar surface area (TPSA) is 102 Å². The summed E-state index contributed by atoms with van der Waals surface area (Å²) in [7, 11) is -3.61. The fourth-order valence-electron chi connectivity index (χ4n) is 2.38. The molecule has 7 nitrogen and oxygen atoms in total. The number of benzene rings is 1. The summed E-state index contributed by atoms with van der Waals surface area (Å²) in [5, 5.41) is 11.7. The largest absolute Gasteiger partial charge is 0.410 e. The number of hydrogen-bond acceptors (Lipinski definition) is 7. The van der Waals surface area contributed by atoms with Gasteiger partial charge in [0.15, 0.2) is 0 Å². The normalized spacial score (nSPS) is 12.7. The molecule has 0 saturated carbocycles. The summed E-state index contributed by atoms with van der Waals surface area (Å²) < 4.78 is 28.5. The summed E-state index contributed by atoms with van der Waals surface area (Å²) in [6.07, 6.45) is 1.63. The second-order valence-electron chi connectivity index (χ2n) is 5.74. The first-order valence-electron chi connectivity index (χ1n) is 7.81. The fourth-order valence-corrected chi connectivity index (χ4v) is 3.51. The Bertz CT molecular complexity index is 967. The highest BCUT2D eigenvalue weighted by molar-refractivity contribution is 7.90. The van der Waals surface area contributed by atoms with Crippen LogP contribution in [0.15, 0.2) is 57.5 Å². The molecule has 2 aromatic heterocycles. The molecule has 1 N–H and O–H groups in total. The van der Waals surface area contributed by atoms with E-state index >= 15 is 0 Å². The molecule has 3 rings (SSSR count). The summed E-state index contributed by atoms with van der Waals surface area (Å²) in [5.41, 5.74) is 0.952. The number of carbonyl (C=O) groups is 1. The number of rotatable bonds is 7. The van der Waals surface area contributed by atoms with Crippen LogP contribution in [0.5, 0.6) is 0 Å². The molecule has 3 aromatic rings. The van der Waals surface area contributed by atoms with Crippen LogP contribution in [0.1, 0.15) is 22.4 Å². The van der Waals surface area contributed by atoms with Gasteiger partial charge in [-0.3, -0.25) is 4.79 Å². The molecule has 26 heavy (non-hydrogen) atoms. The van der Waals surface area contributed by atoms with E-state index in [0.29, 0.717) is 6.42 Å². The van der Waals surface area contributed by atoms with Gasteiger partial charge in [0.05, 0.1) is 6.42 Å². The molecule has 0 radical (unpaired) electrons. The van der Waals surface area contributed by atoms with Gasteiger partial charge in [-0.05, 0) is 17.0 Å². The third-order valence-corrected chi connectivity index (χ3v) is 5.25. The van der Waals surface area contributed by atoms with E-state index in [1.165, 1.54) is 11.3 Å². The Morgan fingerprint density at radius 2 is 1.96 bits per heavy atom. The van der Waals surface area contributed by atoms with Crippen molar-refractivity contribution in [2.24, 2.45) is 0 Å². The number of thiophene rings is 1. The van der Waals surface area contributed by atoms with Gasteiger partial charge in [-0.1, -0.05) is 41.5 Å². The van der Waals surface area contributed by atoms with Crippen molar-refractivity contribution in [3.63, 3.8) is 0 Å². The standard InChI is InChI=1S/C17H17N3O4S2/c1-26(22,23)17-20-19-16(24-17)14(10-12-6-3-2-4-7-12)18-15(21)11-13-8-5-9-25-13/h2-9,14H,10-11H2,1H3,(H,18,21)/t14-/m0/s1. The highest BCUT2D eigenvalue weighted by Gasteiger charge is 2.24. The van der Waals surface area contributed by atoms with Crippen molar-refractivity contribution in [2.45, 2.75) is 24.1 Å². The summed E-state index contributed by atoms with van der Waals surface area (Å²) in [5.74, 6) is -0.138. The smallest absolute Gasteiger partial charge is 0.335 e. The van der Waals surface area contributed by atoms with Crippen molar-refractivity contribution >= 4 is 27.1 Å². The number of nitrogens with one attached hydrogen (secondary N) is 1. The van der Waals surface area contributed by atoms with E-state index in [-0.39, 0.29) is 18.2 Å².